The average Bonchev–Trinajstić information content (AvgIpc) is 2.87. The maximum atomic E-state index is 13.5. The van der Waals surface area contributed by atoms with Crippen LogP contribution in [0.4, 0.5) is 8.78 Å². The van der Waals surface area contributed by atoms with E-state index in [1.807, 2.05) is 0 Å². The van der Waals surface area contributed by atoms with Gasteiger partial charge in [-0.3, -0.25) is 0 Å². The standard InChI is InChI=1S/C12H9F2N3O/c1-5-11(18-6(2)15-5)12-16-8-4-3-7(13)9(14)10(8)17-12/h3-4H,1-2H3,(H,16,17). The molecule has 3 rings (SSSR count). The molecule has 92 valence electrons. The maximum absolute atomic E-state index is 13.5. The smallest absolute Gasteiger partial charge is 0.192 e. The summed E-state index contributed by atoms with van der Waals surface area (Å²) in [4.78, 5) is 11.0. The van der Waals surface area contributed by atoms with Crippen molar-refractivity contribution in [2.75, 3.05) is 0 Å². The Morgan fingerprint density at radius 3 is 2.61 bits per heavy atom. The van der Waals surface area contributed by atoms with E-state index in [1.54, 1.807) is 13.8 Å². The largest absolute Gasteiger partial charge is 0.437 e. The van der Waals surface area contributed by atoms with Crippen molar-refractivity contribution < 1.29 is 13.2 Å². The predicted molar refractivity (Wildman–Crippen MR) is 61.0 cm³/mol. The highest BCUT2D eigenvalue weighted by Crippen LogP contribution is 2.26. The first-order valence-electron chi connectivity index (χ1n) is 5.34. The van der Waals surface area contributed by atoms with Gasteiger partial charge in [0, 0.05) is 6.92 Å². The second-order valence-corrected chi connectivity index (χ2v) is 3.99. The summed E-state index contributed by atoms with van der Waals surface area (Å²) in [5.74, 6) is -0.624. The van der Waals surface area contributed by atoms with Crippen LogP contribution in [0.5, 0.6) is 0 Å². The first kappa shape index (κ1) is 10.9. The summed E-state index contributed by atoms with van der Waals surface area (Å²) in [7, 11) is 0. The van der Waals surface area contributed by atoms with Crippen molar-refractivity contribution in [3.8, 4) is 11.6 Å². The molecule has 6 heteroatoms. The van der Waals surface area contributed by atoms with Crippen molar-refractivity contribution in [3.63, 3.8) is 0 Å². The van der Waals surface area contributed by atoms with Crippen LogP contribution >= 0.6 is 0 Å². The van der Waals surface area contributed by atoms with Crippen molar-refractivity contribution in [1.29, 1.82) is 0 Å². The van der Waals surface area contributed by atoms with E-state index >= 15 is 0 Å². The summed E-state index contributed by atoms with van der Waals surface area (Å²) in [5.41, 5.74) is 1.02. The Morgan fingerprint density at radius 1 is 1.17 bits per heavy atom. The molecule has 2 aromatic heterocycles. The summed E-state index contributed by atoms with van der Waals surface area (Å²) in [6.45, 7) is 3.47. The SMILES string of the molecule is Cc1nc(C)c(-c2nc3c(F)c(F)ccc3[nH]2)o1. The summed E-state index contributed by atoms with van der Waals surface area (Å²) >= 11 is 0. The predicted octanol–water partition coefficient (Wildman–Crippen LogP) is 3.11. The Kier molecular flexibility index (Phi) is 2.19. The fourth-order valence-electron chi connectivity index (χ4n) is 1.88. The molecular formula is C12H9F2N3O. The van der Waals surface area contributed by atoms with E-state index in [4.69, 9.17) is 4.42 Å². The van der Waals surface area contributed by atoms with Gasteiger partial charge in [0.15, 0.2) is 29.1 Å². The van der Waals surface area contributed by atoms with Crippen molar-refractivity contribution in [2.45, 2.75) is 13.8 Å². The molecule has 18 heavy (non-hydrogen) atoms. The molecular weight excluding hydrogens is 240 g/mol. The van der Waals surface area contributed by atoms with Gasteiger partial charge < -0.3 is 9.40 Å². The zero-order chi connectivity index (χ0) is 12.9. The Bertz CT molecular complexity index is 745. The quantitative estimate of drug-likeness (QED) is 0.720. The molecule has 4 nitrogen and oxygen atoms in total. The molecule has 0 spiro atoms. The topological polar surface area (TPSA) is 54.7 Å². The lowest BCUT2D eigenvalue weighted by Crippen LogP contribution is -1.84. The molecule has 0 bridgehead atoms. The normalized spacial score (nSPS) is 11.3. The number of halogens is 2. The molecule has 0 atom stereocenters. The molecule has 0 saturated heterocycles. The molecule has 2 heterocycles. The summed E-state index contributed by atoms with van der Waals surface area (Å²) in [6, 6.07) is 2.49. The van der Waals surface area contributed by atoms with E-state index < -0.39 is 11.6 Å². The molecule has 0 radical (unpaired) electrons. The fourth-order valence-corrected chi connectivity index (χ4v) is 1.88. The molecule has 0 unspecified atom stereocenters. The lowest BCUT2D eigenvalue weighted by atomic mass is 10.3. The van der Waals surface area contributed by atoms with E-state index in [2.05, 4.69) is 15.0 Å². The number of nitrogens with zero attached hydrogens (tertiary/aromatic N) is 2. The fraction of sp³-hybridized carbons (Fsp3) is 0.167. The Labute approximate surface area is 101 Å². The van der Waals surface area contributed by atoms with Crippen LogP contribution in [-0.2, 0) is 0 Å². The van der Waals surface area contributed by atoms with Gasteiger partial charge in [-0.05, 0) is 19.1 Å². The minimum Gasteiger partial charge on any atom is -0.437 e. The van der Waals surface area contributed by atoms with Crippen LogP contribution in [0.25, 0.3) is 22.6 Å². The van der Waals surface area contributed by atoms with Crippen LogP contribution in [-0.4, -0.2) is 15.0 Å². The van der Waals surface area contributed by atoms with Crippen LogP contribution < -0.4 is 0 Å². The minimum absolute atomic E-state index is 0.0431. The van der Waals surface area contributed by atoms with Gasteiger partial charge in [-0.25, -0.2) is 18.7 Å². The monoisotopic (exact) mass is 249 g/mol. The Morgan fingerprint density at radius 2 is 1.94 bits per heavy atom. The van der Waals surface area contributed by atoms with Gasteiger partial charge >= 0.3 is 0 Å². The van der Waals surface area contributed by atoms with Crippen LogP contribution in [0.15, 0.2) is 16.5 Å². The number of rotatable bonds is 1. The number of fused-ring (bicyclic) bond motifs is 1. The summed E-state index contributed by atoms with van der Waals surface area (Å²) < 4.78 is 32.0. The average molecular weight is 249 g/mol. The zero-order valence-electron chi connectivity index (χ0n) is 9.71. The van der Waals surface area contributed by atoms with Crippen molar-refractivity contribution in [3.05, 3.63) is 35.4 Å². The van der Waals surface area contributed by atoms with Crippen LogP contribution in [0, 0.1) is 25.5 Å². The molecule has 3 aromatic rings. The van der Waals surface area contributed by atoms with Crippen LogP contribution in [0.1, 0.15) is 11.6 Å². The van der Waals surface area contributed by atoms with Crippen molar-refractivity contribution in [2.24, 2.45) is 0 Å². The minimum atomic E-state index is -0.969. The van der Waals surface area contributed by atoms with Gasteiger partial charge in [-0.2, -0.15) is 0 Å². The molecule has 1 aromatic carbocycles. The van der Waals surface area contributed by atoms with Crippen molar-refractivity contribution >= 4 is 11.0 Å². The molecule has 1 N–H and O–H groups in total. The summed E-state index contributed by atoms with van der Waals surface area (Å²) in [5, 5.41) is 0. The number of oxazole rings is 1. The van der Waals surface area contributed by atoms with E-state index in [-0.39, 0.29) is 5.52 Å². The molecule has 0 fully saturated rings. The number of H-pyrrole nitrogens is 1. The van der Waals surface area contributed by atoms with Gasteiger partial charge in [0.05, 0.1) is 11.2 Å². The van der Waals surface area contributed by atoms with Crippen LogP contribution in [0.2, 0.25) is 0 Å². The van der Waals surface area contributed by atoms with E-state index in [1.165, 1.54) is 6.07 Å². The number of benzene rings is 1. The molecule has 0 aliphatic carbocycles. The third kappa shape index (κ3) is 1.49. The van der Waals surface area contributed by atoms with E-state index in [0.29, 0.717) is 28.7 Å². The third-order valence-electron chi connectivity index (χ3n) is 2.66. The Balaban J connectivity index is 2.26. The first-order valence-corrected chi connectivity index (χ1v) is 5.34. The van der Waals surface area contributed by atoms with Gasteiger partial charge in [0.1, 0.15) is 5.52 Å². The molecule has 0 saturated carbocycles. The number of hydrogen-bond donors (Lipinski definition) is 1. The maximum Gasteiger partial charge on any atom is 0.192 e. The van der Waals surface area contributed by atoms with Gasteiger partial charge in [0.2, 0.25) is 0 Å². The van der Waals surface area contributed by atoms with Crippen molar-refractivity contribution in [1.82, 2.24) is 15.0 Å². The number of aryl methyl sites for hydroxylation is 2. The molecule has 0 amide bonds. The third-order valence-corrected chi connectivity index (χ3v) is 2.66. The zero-order valence-corrected chi connectivity index (χ0v) is 9.71. The number of nitrogens with one attached hydrogen (secondary N) is 1. The van der Waals surface area contributed by atoms with Gasteiger partial charge in [-0.15, -0.1) is 0 Å². The number of hydrogen-bond acceptors (Lipinski definition) is 3. The highest BCUT2D eigenvalue weighted by Gasteiger charge is 2.17. The molecule has 0 aliphatic heterocycles. The highest BCUT2D eigenvalue weighted by atomic mass is 19.2. The van der Waals surface area contributed by atoms with E-state index in [9.17, 15) is 8.78 Å². The second-order valence-electron chi connectivity index (χ2n) is 3.99. The van der Waals surface area contributed by atoms with Crippen LogP contribution in [0.3, 0.4) is 0 Å². The number of aromatic amines is 1. The van der Waals surface area contributed by atoms with E-state index in [0.717, 1.165) is 6.07 Å². The highest BCUT2D eigenvalue weighted by molar-refractivity contribution is 5.79. The Hall–Kier alpha value is -2.24. The number of imidazole rings is 1. The number of aromatic nitrogens is 3. The lowest BCUT2D eigenvalue weighted by Gasteiger charge is -1.91. The lowest BCUT2D eigenvalue weighted by molar-refractivity contribution is 0.515. The summed E-state index contributed by atoms with van der Waals surface area (Å²) in [6.07, 6.45) is 0. The molecule has 0 aliphatic rings. The second kappa shape index (κ2) is 3.63. The first-order chi connectivity index (χ1) is 8.56. The van der Waals surface area contributed by atoms with Gasteiger partial charge in [0.25, 0.3) is 0 Å². The van der Waals surface area contributed by atoms with Gasteiger partial charge in [-0.1, -0.05) is 0 Å².